The topological polar surface area (TPSA) is 78.9 Å². The van der Waals surface area contributed by atoms with Crippen LogP contribution in [-0.4, -0.2) is 82.0 Å². The summed E-state index contributed by atoms with van der Waals surface area (Å²) in [5, 5.41) is 12.9. The molecule has 1 aliphatic heterocycles. The minimum Gasteiger partial charge on any atom is -0.390 e. The van der Waals surface area contributed by atoms with Gasteiger partial charge in [-0.05, 0) is 6.92 Å². The zero-order valence-electron chi connectivity index (χ0n) is 11.1. The lowest BCUT2D eigenvalue weighted by atomic mass is 10.2. The predicted molar refractivity (Wildman–Crippen MR) is 70.4 cm³/mol. The first-order valence-electron chi connectivity index (χ1n) is 6.26. The first-order chi connectivity index (χ1) is 8.37. The molecule has 7 heteroatoms. The number of aliphatic hydroxyl groups is 1. The van der Waals surface area contributed by atoms with Crippen molar-refractivity contribution in [3.63, 3.8) is 0 Å². The second-order valence-electron chi connectivity index (χ2n) is 4.97. The molecule has 108 valence electrons. The summed E-state index contributed by atoms with van der Waals surface area (Å²) >= 11 is 0. The van der Waals surface area contributed by atoms with Crippen molar-refractivity contribution < 1.29 is 18.3 Å². The van der Waals surface area contributed by atoms with E-state index >= 15 is 0 Å². The van der Waals surface area contributed by atoms with Crippen molar-refractivity contribution in [3.8, 4) is 0 Å². The molecule has 1 aliphatic rings. The summed E-state index contributed by atoms with van der Waals surface area (Å²) in [4.78, 5) is 2.15. The van der Waals surface area contributed by atoms with E-state index in [-0.39, 0.29) is 11.8 Å². The number of nitrogens with one attached hydrogen (secondary N) is 1. The maximum atomic E-state index is 11.1. The number of morpholine rings is 1. The van der Waals surface area contributed by atoms with Crippen LogP contribution in [0.2, 0.25) is 0 Å². The normalized spacial score (nSPS) is 21.7. The highest BCUT2D eigenvalue weighted by atomic mass is 32.2. The number of hydrogen-bond donors (Lipinski definition) is 2. The first-order valence-corrected chi connectivity index (χ1v) is 8.32. The number of β-amino-alcohol motifs (C(OH)–C–C–N with tert-alkyl or cyclic N) is 1. The van der Waals surface area contributed by atoms with Crippen LogP contribution in [0, 0.1) is 0 Å². The van der Waals surface area contributed by atoms with E-state index in [0.717, 1.165) is 13.1 Å². The van der Waals surface area contributed by atoms with Gasteiger partial charge in [0.05, 0.1) is 25.1 Å². The van der Waals surface area contributed by atoms with Crippen molar-refractivity contribution in [2.45, 2.75) is 19.1 Å². The smallest absolute Gasteiger partial charge is 0.148 e. The fourth-order valence-electron chi connectivity index (χ4n) is 2.00. The largest absolute Gasteiger partial charge is 0.390 e. The van der Waals surface area contributed by atoms with E-state index in [1.807, 2.05) is 6.92 Å². The van der Waals surface area contributed by atoms with Gasteiger partial charge in [-0.2, -0.15) is 0 Å². The fourth-order valence-corrected chi connectivity index (χ4v) is 3.02. The van der Waals surface area contributed by atoms with Gasteiger partial charge in [-0.15, -0.1) is 0 Å². The summed E-state index contributed by atoms with van der Waals surface area (Å²) in [5.41, 5.74) is 0. The number of aliphatic hydroxyl groups excluding tert-OH is 1. The molecule has 0 amide bonds. The van der Waals surface area contributed by atoms with Crippen molar-refractivity contribution in [2.24, 2.45) is 0 Å². The Labute approximate surface area is 109 Å². The second kappa shape index (κ2) is 7.40. The number of ether oxygens (including phenoxy) is 1. The van der Waals surface area contributed by atoms with Crippen LogP contribution in [0.4, 0.5) is 0 Å². The SMILES string of the molecule is CC(CS(C)(=O)=O)NCC(O)CN1CCOCC1. The molecule has 0 bridgehead atoms. The Balaban J connectivity index is 2.17. The second-order valence-corrected chi connectivity index (χ2v) is 7.15. The Kier molecular flexibility index (Phi) is 6.51. The molecule has 0 spiro atoms. The van der Waals surface area contributed by atoms with Gasteiger partial charge in [-0.25, -0.2) is 8.42 Å². The van der Waals surface area contributed by atoms with Gasteiger partial charge in [0.1, 0.15) is 9.84 Å². The minimum absolute atomic E-state index is 0.0945. The molecule has 0 aromatic heterocycles. The first kappa shape index (κ1) is 15.8. The number of rotatable bonds is 7. The Morgan fingerprint density at radius 3 is 2.56 bits per heavy atom. The minimum atomic E-state index is -2.97. The van der Waals surface area contributed by atoms with Crippen LogP contribution in [0.3, 0.4) is 0 Å². The maximum Gasteiger partial charge on any atom is 0.148 e. The number of hydrogen-bond acceptors (Lipinski definition) is 6. The monoisotopic (exact) mass is 280 g/mol. The molecule has 0 aromatic carbocycles. The summed E-state index contributed by atoms with van der Waals surface area (Å²) in [6, 6.07) is -0.140. The summed E-state index contributed by atoms with van der Waals surface area (Å²) in [6.07, 6.45) is 0.736. The highest BCUT2D eigenvalue weighted by Crippen LogP contribution is 1.98. The summed E-state index contributed by atoms with van der Waals surface area (Å²) in [5.74, 6) is 0.0945. The van der Waals surface area contributed by atoms with Gasteiger partial charge in [-0.3, -0.25) is 4.90 Å². The lowest BCUT2D eigenvalue weighted by Gasteiger charge is -2.29. The van der Waals surface area contributed by atoms with E-state index < -0.39 is 15.9 Å². The zero-order chi connectivity index (χ0) is 13.6. The Morgan fingerprint density at radius 2 is 2.00 bits per heavy atom. The molecule has 1 saturated heterocycles. The third-order valence-corrected chi connectivity index (χ3v) is 3.93. The van der Waals surface area contributed by atoms with E-state index in [0.29, 0.717) is 26.3 Å². The van der Waals surface area contributed by atoms with Crippen molar-refractivity contribution in [1.29, 1.82) is 0 Å². The number of nitrogens with zero attached hydrogens (tertiary/aromatic N) is 1. The molecule has 1 fully saturated rings. The molecule has 2 atom stereocenters. The average molecular weight is 280 g/mol. The molecule has 0 aromatic rings. The third-order valence-electron chi connectivity index (χ3n) is 2.83. The lowest BCUT2D eigenvalue weighted by Crippen LogP contribution is -2.45. The Hall–Kier alpha value is -0.210. The summed E-state index contributed by atoms with van der Waals surface area (Å²) in [7, 11) is -2.97. The van der Waals surface area contributed by atoms with Gasteiger partial charge in [0.15, 0.2) is 0 Å². The molecule has 2 N–H and O–H groups in total. The molecule has 0 saturated carbocycles. The van der Waals surface area contributed by atoms with Crippen molar-refractivity contribution in [3.05, 3.63) is 0 Å². The van der Waals surface area contributed by atoms with Crippen molar-refractivity contribution >= 4 is 9.84 Å². The van der Waals surface area contributed by atoms with Crippen LogP contribution in [0.5, 0.6) is 0 Å². The average Bonchev–Trinajstić information content (AvgIpc) is 2.25. The highest BCUT2D eigenvalue weighted by Gasteiger charge is 2.16. The van der Waals surface area contributed by atoms with Crippen LogP contribution in [0.15, 0.2) is 0 Å². The van der Waals surface area contributed by atoms with Gasteiger partial charge in [-0.1, -0.05) is 0 Å². The van der Waals surface area contributed by atoms with E-state index in [1.54, 1.807) is 0 Å². The van der Waals surface area contributed by atoms with Gasteiger partial charge < -0.3 is 15.2 Å². The van der Waals surface area contributed by atoms with Gasteiger partial charge in [0.25, 0.3) is 0 Å². The Morgan fingerprint density at radius 1 is 1.39 bits per heavy atom. The van der Waals surface area contributed by atoms with Crippen LogP contribution >= 0.6 is 0 Å². The predicted octanol–water partition coefficient (Wildman–Crippen LogP) is -1.30. The van der Waals surface area contributed by atoms with E-state index in [9.17, 15) is 13.5 Å². The molecule has 0 radical (unpaired) electrons. The summed E-state index contributed by atoms with van der Waals surface area (Å²) in [6.45, 7) is 5.93. The molecule has 0 aliphatic carbocycles. The highest BCUT2D eigenvalue weighted by molar-refractivity contribution is 7.90. The molecule has 18 heavy (non-hydrogen) atoms. The van der Waals surface area contributed by atoms with Crippen LogP contribution in [-0.2, 0) is 14.6 Å². The Bertz CT molecular complexity index is 328. The molecule has 2 unspecified atom stereocenters. The lowest BCUT2D eigenvalue weighted by molar-refractivity contribution is 0.0146. The van der Waals surface area contributed by atoms with E-state index in [4.69, 9.17) is 4.74 Å². The van der Waals surface area contributed by atoms with Gasteiger partial charge >= 0.3 is 0 Å². The van der Waals surface area contributed by atoms with E-state index in [2.05, 4.69) is 10.2 Å². The van der Waals surface area contributed by atoms with Crippen molar-refractivity contribution in [1.82, 2.24) is 10.2 Å². The zero-order valence-corrected chi connectivity index (χ0v) is 11.9. The van der Waals surface area contributed by atoms with Crippen LogP contribution < -0.4 is 5.32 Å². The molecular formula is C11H24N2O4S. The van der Waals surface area contributed by atoms with Crippen LogP contribution in [0.1, 0.15) is 6.92 Å². The molecule has 1 heterocycles. The third kappa shape index (κ3) is 7.27. The van der Waals surface area contributed by atoms with Gasteiger partial charge in [0, 0.05) is 38.5 Å². The fraction of sp³-hybridized carbons (Fsp3) is 1.00. The quantitative estimate of drug-likeness (QED) is 0.604. The molecule has 1 rings (SSSR count). The molecule has 6 nitrogen and oxygen atoms in total. The number of sulfone groups is 1. The maximum absolute atomic E-state index is 11.1. The van der Waals surface area contributed by atoms with Crippen molar-refractivity contribution in [2.75, 3.05) is 51.4 Å². The molecular weight excluding hydrogens is 256 g/mol. The standard InChI is InChI=1S/C11H24N2O4S/c1-10(9-18(2,15)16)12-7-11(14)8-13-3-5-17-6-4-13/h10-12,14H,3-9H2,1-2H3. The van der Waals surface area contributed by atoms with E-state index in [1.165, 1.54) is 6.26 Å². The van der Waals surface area contributed by atoms with Crippen LogP contribution in [0.25, 0.3) is 0 Å². The summed E-state index contributed by atoms with van der Waals surface area (Å²) < 4.78 is 27.4. The van der Waals surface area contributed by atoms with Gasteiger partial charge in [0.2, 0.25) is 0 Å².